The summed E-state index contributed by atoms with van der Waals surface area (Å²) >= 11 is 6.31. The number of aliphatic hydroxyl groups excluding tert-OH is 1. The molecular weight excluding hydrogens is 562 g/mol. The number of sulfonamides is 1. The molecule has 2 bridgehead atoms. The number of aryl methyl sites for hydroxylation is 1. The standard InChI is InChI=1S/C31H42ClN3O5S/c1-21(36)33-28-8-3-2-6-16-41(38,39)34-31(37)23-11-14-30-29(18-23)35(19-24-10-13-27(24)28)15-5-4-7-22-17-26(32)12-9-25(22)20-40-30/h9,11-12,14,17-18,24,27-28,31,34,37H,2-8,10,13,15-16,19-20H2,1H3,(H,33,36)/t24-,27+,28+,31?/m0/s1. The maximum atomic E-state index is 12.8. The Balaban J connectivity index is 1.50. The molecule has 4 atom stereocenters. The van der Waals surface area contributed by atoms with Gasteiger partial charge in [0.1, 0.15) is 18.6 Å². The number of nitrogens with one attached hydrogen (secondary N) is 2. The van der Waals surface area contributed by atoms with Gasteiger partial charge in [0.15, 0.2) is 0 Å². The second-order valence-electron chi connectivity index (χ2n) is 11.8. The predicted octanol–water partition coefficient (Wildman–Crippen LogP) is 5.08. The van der Waals surface area contributed by atoms with E-state index in [-0.39, 0.29) is 17.7 Å². The minimum Gasteiger partial charge on any atom is -0.487 e. The molecule has 1 aliphatic carbocycles. The molecule has 2 aromatic rings. The molecule has 2 heterocycles. The molecule has 224 valence electrons. The molecule has 1 unspecified atom stereocenters. The van der Waals surface area contributed by atoms with Crippen LogP contribution in [0.15, 0.2) is 36.4 Å². The molecule has 3 aliphatic rings. The normalized spacial score (nSPS) is 27.1. The van der Waals surface area contributed by atoms with E-state index in [4.69, 9.17) is 16.3 Å². The van der Waals surface area contributed by atoms with E-state index in [0.717, 1.165) is 80.7 Å². The lowest BCUT2D eigenvalue weighted by molar-refractivity contribution is -0.120. The van der Waals surface area contributed by atoms with Gasteiger partial charge in [-0.2, -0.15) is 4.72 Å². The van der Waals surface area contributed by atoms with Crippen LogP contribution in [0.1, 0.15) is 81.2 Å². The number of anilines is 1. The molecule has 2 aromatic carbocycles. The maximum Gasteiger partial charge on any atom is 0.217 e. The lowest BCUT2D eigenvalue weighted by Gasteiger charge is -2.45. The van der Waals surface area contributed by atoms with Gasteiger partial charge < -0.3 is 20.1 Å². The number of carbonyl (C=O) groups excluding carboxylic acids is 1. The smallest absolute Gasteiger partial charge is 0.217 e. The van der Waals surface area contributed by atoms with Gasteiger partial charge in [-0.05, 0) is 97.7 Å². The number of nitrogens with zero attached hydrogens (tertiary/aromatic N) is 1. The van der Waals surface area contributed by atoms with Crippen molar-refractivity contribution in [3.05, 3.63) is 58.1 Å². The summed E-state index contributed by atoms with van der Waals surface area (Å²) in [7, 11) is -3.67. The molecule has 1 saturated carbocycles. The number of fused-ring (bicyclic) bond motifs is 3. The molecule has 0 spiro atoms. The number of ether oxygens (including phenoxy) is 1. The minimum atomic E-state index is -3.67. The first-order valence-corrected chi connectivity index (χ1v) is 17.0. The van der Waals surface area contributed by atoms with E-state index in [1.165, 1.54) is 5.56 Å². The van der Waals surface area contributed by atoms with Gasteiger partial charge in [-0.3, -0.25) is 4.79 Å². The molecule has 5 rings (SSSR count). The quantitative estimate of drug-likeness (QED) is 0.420. The van der Waals surface area contributed by atoms with Crippen molar-refractivity contribution in [2.75, 3.05) is 23.7 Å². The number of halogens is 1. The highest BCUT2D eigenvalue weighted by Crippen LogP contribution is 2.42. The predicted molar refractivity (Wildman–Crippen MR) is 162 cm³/mol. The lowest BCUT2D eigenvalue weighted by atomic mass is 9.68. The molecule has 0 radical (unpaired) electrons. The van der Waals surface area contributed by atoms with Gasteiger partial charge in [0.25, 0.3) is 0 Å². The van der Waals surface area contributed by atoms with Crippen LogP contribution in [0.4, 0.5) is 5.69 Å². The summed E-state index contributed by atoms with van der Waals surface area (Å²) < 4.78 is 34.4. The molecule has 3 N–H and O–H groups in total. The van der Waals surface area contributed by atoms with Crippen LogP contribution in [-0.2, 0) is 27.8 Å². The van der Waals surface area contributed by atoms with Crippen LogP contribution in [0, 0.1) is 11.8 Å². The number of benzene rings is 2. The summed E-state index contributed by atoms with van der Waals surface area (Å²) in [4.78, 5) is 14.4. The van der Waals surface area contributed by atoms with Gasteiger partial charge in [0.2, 0.25) is 15.9 Å². The molecule has 2 aliphatic heterocycles. The second-order valence-corrected chi connectivity index (χ2v) is 14.1. The fourth-order valence-corrected chi connectivity index (χ4v) is 7.92. The number of aliphatic hydroxyl groups is 1. The first kappa shape index (κ1) is 30.1. The van der Waals surface area contributed by atoms with Crippen LogP contribution in [0.2, 0.25) is 5.02 Å². The minimum absolute atomic E-state index is 0.0193. The lowest BCUT2D eigenvalue weighted by Crippen LogP contribution is -2.49. The van der Waals surface area contributed by atoms with Crippen molar-refractivity contribution in [3.8, 4) is 5.75 Å². The zero-order valence-electron chi connectivity index (χ0n) is 23.8. The number of rotatable bonds is 1. The highest BCUT2D eigenvalue weighted by Gasteiger charge is 2.38. The Morgan fingerprint density at radius 2 is 1.90 bits per heavy atom. The molecule has 1 fully saturated rings. The average molecular weight is 604 g/mol. The molecule has 1 amide bonds. The van der Waals surface area contributed by atoms with Gasteiger partial charge in [0.05, 0.1) is 11.4 Å². The number of hydrogen-bond donors (Lipinski definition) is 3. The summed E-state index contributed by atoms with van der Waals surface area (Å²) in [5.41, 5.74) is 3.62. The van der Waals surface area contributed by atoms with Crippen LogP contribution < -0.4 is 19.7 Å². The second kappa shape index (κ2) is 13.3. The van der Waals surface area contributed by atoms with Crippen molar-refractivity contribution in [1.82, 2.24) is 10.0 Å². The van der Waals surface area contributed by atoms with Gasteiger partial charge in [0, 0.05) is 31.1 Å². The number of hydrogen-bond acceptors (Lipinski definition) is 6. The average Bonchev–Trinajstić information content (AvgIpc) is 2.92. The van der Waals surface area contributed by atoms with Gasteiger partial charge >= 0.3 is 0 Å². The van der Waals surface area contributed by atoms with Crippen molar-refractivity contribution in [2.45, 2.75) is 83.6 Å². The number of carbonyl (C=O) groups is 1. The monoisotopic (exact) mass is 603 g/mol. The zero-order valence-corrected chi connectivity index (χ0v) is 25.4. The maximum absolute atomic E-state index is 12.8. The van der Waals surface area contributed by atoms with E-state index >= 15 is 0 Å². The summed E-state index contributed by atoms with van der Waals surface area (Å²) in [5.74, 6) is 1.42. The molecule has 41 heavy (non-hydrogen) atoms. The Hall–Kier alpha value is -2.33. The van der Waals surface area contributed by atoms with E-state index in [0.29, 0.717) is 36.2 Å². The summed E-state index contributed by atoms with van der Waals surface area (Å²) in [6, 6.07) is 11.5. The highest BCUT2D eigenvalue weighted by molar-refractivity contribution is 7.89. The third-order valence-corrected chi connectivity index (χ3v) is 10.5. The summed E-state index contributed by atoms with van der Waals surface area (Å²) in [6.07, 6.45) is 6.61. The van der Waals surface area contributed by atoms with Crippen LogP contribution in [0.3, 0.4) is 0 Å². The van der Waals surface area contributed by atoms with Crippen molar-refractivity contribution in [3.63, 3.8) is 0 Å². The van der Waals surface area contributed by atoms with Crippen molar-refractivity contribution in [1.29, 1.82) is 0 Å². The summed E-state index contributed by atoms with van der Waals surface area (Å²) in [5, 5.41) is 14.9. The van der Waals surface area contributed by atoms with Crippen molar-refractivity contribution in [2.24, 2.45) is 11.8 Å². The Kier molecular flexibility index (Phi) is 9.79. The zero-order chi connectivity index (χ0) is 29.0. The fraction of sp³-hybridized carbons (Fsp3) is 0.581. The SMILES string of the molecule is CC(=O)N[C@@H]1CCCCCS(=O)(=O)NC(O)c2ccc3c(c2)N(CCCCc2cc(Cl)ccc2CO3)C[C@@H]2CC[C@H]21. The van der Waals surface area contributed by atoms with Gasteiger partial charge in [-0.15, -0.1) is 0 Å². The Bertz CT molecular complexity index is 1340. The van der Waals surface area contributed by atoms with Crippen molar-refractivity contribution < 1.29 is 23.1 Å². The Morgan fingerprint density at radius 1 is 1.05 bits per heavy atom. The van der Waals surface area contributed by atoms with E-state index in [1.54, 1.807) is 13.0 Å². The topological polar surface area (TPSA) is 108 Å². The van der Waals surface area contributed by atoms with Crippen LogP contribution in [0.5, 0.6) is 5.75 Å². The van der Waals surface area contributed by atoms with Crippen LogP contribution in [0.25, 0.3) is 0 Å². The van der Waals surface area contributed by atoms with Crippen LogP contribution >= 0.6 is 11.6 Å². The number of amides is 1. The van der Waals surface area contributed by atoms with Crippen LogP contribution in [-0.4, -0.2) is 44.3 Å². The summed E-state index contributed by atoms with van der Waals surface area (Å²) in [6.45, 7) is 3.57. The molecule has 8 nitrogen and oxygen atoms in total. The van der Waals surface area contributed by atoms with E-state index in [9.17, 15) is 18.3 Å². The van der Waals surface area contributed by atoms with E-state index in [2.05, 4.69) is 14.9 Å². The fourth-order valence-electron chi connectivity index (χ4n) is 6.54. The molecule has 0 aromatic heterocycles. The largest absolute Gasteiger partial charge is 0.487 e. The van der Waals surface area contributed by atoms with Gasteiger partial charge in [-0.25, -0.2) is 8.42 Å². The highest BCUT2D eigenvalue weighted by atomic mass is 35.5. The van der Waals surface area contributed by atoms with E-state index in [1.807, 2.05) is 30.3 Å². The molecular formula is C31H42ClN3O5S. The van der Waals surface area contributed by atoms with Gasteiger partial charge in [-0.1, -0.05) is 36.6 Å². The third kappa shape index (κ3) is 7.74. The molecule has 10 heteroatoms. The van der Waals surface area contributed by atoms with E-state index < -0.39 is 16.3 Å². The Labute approximate surface area is 248 Å². The Morgan fingerprint density at radius 3 is 2.68 bits per heavy atom. The third-order valence-electron chi connectivity index (χ3n) is 8.87. The first-order valence-electron chi connectivity index (χ1n) is 14.9. The molecule has 0 saturated heterocycles. The first-order chi connectivity index (χ1) is 19.7. The van der Waals surface area contributed by atoms with Crippen molar-refractivity contribution >= 4 is 33.2 Å².